The molecule has 0 bridgehead atoms. The van der Waals surface area contributed by atoms with Gasteiger partial charge in [-0.3, -0.25) is 14.2 Å². The molecule has 7 nitrogen and oxygen atoms in total. The van der Waals surface area contributed by atoms with Crippen molar-refractivity contribution in [1.82, 2.24) is 4.90 Å². The van der Waals surface area contributed by atoms with Gasteiger partial charge in [-0.1, -0.05) is 18.2 Å². The standard InChI is InChI=1S/C15H21N2O5PS/c18-14(10-24-11-23(20,21)22)17-9-5-4-8-13(17)15(19)16-12-6-2-1-3-7-12/h1-3,6-7,13H,4-5,8-11H2,(H,16,19)(H2,20,21,22). The third-order valence-electron chi connectivity index (χ3n) is 3.65. The van der Waals surface area contributed by atoms with Gasteiger partial charge in [-0.2, -0.15) is 0 Å². The van der Waals surface area contributed by atoms with Gasteiger partial charge in [-0.25, -0.2) is 0 Å². The van der Waals surface area contributed by atoms with E-state index in [4.69, 9.17) is 9.79 Å². The Morgan fingerprint density at radius 2 is 1.96 bits per heavy atom. The Balaban J connectivity index is 1.95. The number of amides is 2. The molecule has 1 aliphatic rings. The van der Waals surface area contributed by atoms with Crippen LogP contribution in [0, 0.1) is 0 Å². The van der Waals surface area contributed by atoms with Crippen molar-refractivity contribution in [3.63, 3.8) is 0 Å². The molecule has 0 aromatic heterocycles. The smallest absolute Gasteiger partial charge is 0.330 e. The van der Waals surface area contributed by atoms with Crippen molar-refractivity contribution in [1.29, 1.82) is 0 Å². The molecular formula is C15H21N2O5PS. The normalized spacial score (nSPS) is 18.2. The number of carbonyl (C=O) groups excluding carboxylic acids is 2. The second-order valence-corrected chi connectivity index (χ2v) is 8.66. The highest BCUT2D eigenvalue weighted by molar-refractivity contribution is 8.04. The molecule has 1 heterocycles. The van der Waals surface area contributed by atoms with Crippen molar-refractivity contribution in [2.45, 2.75) is 25.3 Å². The van der Waals surface area contributed by atoms with E-state index in [-0.39, 0.29) is 17.6 Å². The molecule has 1 unspecified atom stereocenters. The summed E-state index contributed by atoms with van der Waals surface area (Å²) in [4.78, 5) is 44.0. The Morgan fingerprint density at radius 3 is 2.62 bits per heavy atom. The lowest BCUT2D eigenvalue weighted by Crippen LogP contribution is -2.50. The van der Waals surface area contributed by atoms with Crippen molar-refractivity contribution >= 4 is 36.9 Å². The van der Waals surface area contributed by atoms with Crippen LogP contribution in [-0.4, -0.2) is 50.3 Å². The van der Waals surface area contributed by atoms with E-state index in [0.29, 0.717) is 18.7 Å². The molecule has 2 amide bonds. The highest BCUT2D eigenvalue weighted by Gasteiger charge is 2.32. The fourth-order valence-electron chi connectivity index (χ4n) is 2.58. The lowest BCUT2D eigenvalue weighted by atomic mass is 10.0. The summed E-state index contributed by atoms with van der Waals surface area (Å²) in [7, 11) is -4.13. The van der Waals surface area contributed by atoms with Crippen LogP contribution in [0.3, 0.4) is 0 Å². The summed E-state index contributed by atoms with van der Waals surface area (Å²) in [5.41, 5.74) is 0.282. The number of nitrogens with one attached hydrogen (secondary N) is 1. The summed E-state index contributed by atoms with van der Waals surface area (Å²) in [6.07, 6.45) is 2.28. The van der Waals surface area contributed by atoms with E-state index in [1.54, 1.807) is 12.1 Å². The molecule has 0 radical (unpaired) electrons. The minimum atomic E-state index is -4.13. The fourth-order valence-corrected chi connectivity index (χ4v) is 4.24. The zero-order valence-corrected chi connectivity index (χ0v) is 14.8. The molecule has 0 saturated carbocycles. The number of hydrogen-bond donors (Lipinski definition) is 3. The molecule has 1 saturated heterocycles. The Bertz CT molecular complexity index is 622. The number of rotatable bonds is 6. The fraction of sp³-hybridized carbons (Fsp3) is 0.467. The second-order valence-electron chi connectivity index (χ2n) is 5.60. The van der Waals surface area contributed by atoms with Crippen LogP contribution in [0.5, 0.6) is 0 Å². The number of benzene rings is 1. The zero-order chi connectivity index (χ0) is 17.6. The van der Waals surface area contributed by atoms with Crippen molar-refractivity contribution < 1.29 is 23.9 Å². The molecule has 0 spiro atoms. The van der Waals surface area contributed by atoms with Gasteiger partial charge < -0.3 is 20.0 Å². The van der Waals surface area contributed by atoms with Crippen molar-refractivity contribution in [3.8, 4) is 0 Å². The van der Waals surface area contributed by atoms with E-state index < -0.39 is 19.1 Å². The molecule has 1 aliphatic heterocycles. The van der Waals surface area contributed by atoms with Gasteiger partial charge >= 0.3 is 7.60 Å². The number of likely N-dealkylation sites (tertiary alicyclic amines) is 1. The van der Waals surface area contributed by atoms with Gasteiger partial charge in [0.2, 0.25) is 11.8 Å². The predicted molar refractivity (Wildman–Crippen MR) is 93.8 cm³/mol. The molecule has 3 N–H and O–H groups in total. The van der Waals surface area contributed by atoms with Crippen LogP contribution in [0.4, 0.5) is 5.69 Å². The minimum absolute atomic E-state index is 0.0414. The number of para-hydroxylation sites is 1. The molecule has 132 valence electrons. The largest absolute Gasteiger partial charge is 0.335 e. The Hall–Kier alpha value is -1.34. The second kappa shape index (κ2) is 8.67. The Labute approximate surface area is 145 Å². The average Bonchev–Trinajstić information content (AvgIpc) is 2.54. The molecular weight excluding hydrogens is 351 g/mol. The molecule has 1 aromatic carbocycles. The molecule has 1 fully saturated rings. The molecule has 24 heavy (non-hydrogen) atoms. The number of thioether (sulfide) groups is 1. The maximum absolute atomic E-state index is 12.5. The lowest BCUT2D eigenvalue weighted by molar-refractivity contribution is -0.138. The highest BCUT2D eigenvalue weighted by Crippen LogP contribution is 2.38. The van der Waals surface area contributed by atoms with Crippen LogP contribution in [0.15, 0.2) is 30.3 Å². The van der Waals surface area contributed by atoms with Gasteiger partial charge in [0.15, 0.2) is 0 Å². The van der Waals surface area contributed by atoms with Crippen molar-refractivity contribution in [2.24, 2.45) is 0 Å². The molecule has 0 aliphatic carbocycles. The zero-order valence-electron chi connectivity index (χ0n) is 13.1. The van der Waals surface area contributed by atoms with Gasteiger partial charge in [0.25, 0.3) is 0 Å². The number of nitrogens with zero attached hydrogens (tertiary/aromatic N) is 1. The molecule has 2 rings (SSSR count). The third-order valence-corrected chi connectivity index (χ3v) is 6.18. The van der Waals surface area contributed by atoms with Crippen LogP contribution >= 0.6 is 19.4 Å². The predicted octanol–water partition coefficient (Wildman–Crippen LogP) is 1.87. The lowest BCUT2D eigenvalue weighted by Gasteiger charge is -2.34. The number of carbonyl (C=O) groups is 2. The SMILES string of the molecule is O=C(Nc1ccccc1)C1CCCCN1C(=O)CSCP(=O)(O)O. The van der Waals surface area contributed by atoms with Crippen LogP contribution in [0.2, 0.25) is 0 Å². The van der Waals surface area contributed by atoms with E-state index in [2.05, 4.69) is 5.32 Å². The first-order valence-corrected chi connectivity index (χ1v) is 10.6. The number of hydrogen-bond acceptors (Lipinski definition) is 4. The maximum Gasteiger partial charge on any atom is 0.335 e. The first-order chi connectivity index (χ1) is 11.4. The van der Waals surface area contributed by atoms with E-state index >= 15 is 0 Å². The van der Waals surface area contributed by atoms with Gasteiger partial charge in [-0.05, 0) is 31.4 Å². The quantitative estimate of drug-likeness (QED) is 0.658. The van der Waals surface area contributed by atoms with E-state index in [9.17, 15) is 14.2 Å². The summed E-state index contributed by atoms with van der Waals surface area (Å²) >= 11 is 0.894. The highest BCUT2D eigenvalue weighted by atomic mass is 32.2. The topological polar surface area (TPSA) is 107 Å². The molecule has 9 heteroatoms. The minimum Gasteiger partial charge on any atom is -0.330 e. The summed E-state index contributed by atoms with van der Waals surface area (Å²) in [6.45, 7) is 0.488. The van der Waals surface area contributed by atoms with Crippen molar-refractivity contribution in [2.75, 3.05) is 23.1 Å². The van der Waals surface area contributed by atoms with Gasteiger partial charge in [0.1, 0.15) is 6.04 Å². The van der Waals surface area contributed by atoms with Crippen LogP contribution in [-0.2, 0) is 14.2 Å². The van der Waals surface area contributed by atoms with Crippen LogP contribution in [0.25, 0.3) is 0 Å². The monoisotopic (exact) mass is 372 g/mol. The maximum atomic E-state index is 12.5. The third kappa shape index (κ3) is 5.94. The van der Waals surface area contributed by atoms with E-state index in [0.717, 1.165) is 24.6 Å². The summed E-state index contributed by atoms with van der Waals surface area (Å²) in [5.74, 6) is -0.532. The summed E-state index contributed by atoms with van der Waals surface area (Å²) in [5, 5.41) is 2.81. The van der Waals surface area contributed by atoms with Crippen molar-refractivity contribution in [3.05, 3.63) is 30.3 Å². The summed E-state index contributed by atoms with van der Waals surface area (Å²) in [6, 6.07) is 8.51. The average molecular weight is 372 g/mol. The van der Waals surface area contributed by atoms with Gasteiger partial charge in [0.05, 0.1) is 11.2 Å². The Kier molecular flexibility index (Phi) is 6.86. The van der Waals surface area contributed by atoms with Gasteiger partial charge in [0, 0.05) is 12.2 Å². The first-order valence-electron chi connectivity index (χ1n) is 7.64. The van der Waals surface area contributed by atoms with Crippen LogP contribution < -0.4 is 5.32 Å². The Morgan fingerprint density at radius 1 is 1.25 bits per heavy atom. The number of anilines is 1. The number of piperidine rings is 1. The van der Waals surface area contributed by atoms with E-state index in [1.165, 1.54) is 4.90 Å². The molecule has 1 aromatic rings. The van der Waals surface area contributed by atoms with Gasteiger partial charge in [-0.15, -0.1) is 11.8 Å². The van der Waals surface area contributed by atoms with Crippen LogP contribution in [0.1, 0.15) is 19.3 Å². The molecule has 1 atom stereocenters. The summed E-state index contributed by atoms with van der Waals surface area (Å²) < 4.78 is 10.8. The first kappa shape index (κ1) is 19.0. The van der Waals surface area contributed by atoms with E-state index in [1.807, 2.05) is 18.2 Å².